The first-order chi connectivity index (χ1) is 37.1. The maximum absolute atomic E-state index is 6.56. The second kappa shape index (κ2) is 66.2. The molecule has 2 unspecified atom stereocenters. The van der Waals surface area contributed by atoms with Crippen molar-refractivity contribution in [3.05, 3.63) is 0 Å². The Morgan fingerprint density at radius 2 is 0.333 bits per heavy atom. The molecule has 0 rings (SSSR count). The van der Waals surface area contributed by atoms with E-state index in [-0.39, 0.29) is 25.2 Å². The van der Waals surface area contributed by atoms with Crippen molar-refractivity contribution in [1.29, 1.82) is 0 Å². The molecule has 0 aromatic heterocycles. The van der Waals surface area contributed by atoms with Crippen molar-refractivity contribution in [2.24, 2.45) is 0 Å². The van der Waals surface area contributed by atoms with Gasteiger partial charge in [-0.15, -0.1) is 0 Å². The summed E-state index contributed by atoms with van der Waals surface area (Å²) in [7, 11) is 0. The first-order valence-corrected chi connectivity index (χ1v) is 34.5. The summed E-state index contributed by atoms with van der Waals surface area (Å²) in [5.74, 6) is 0. The number of hydrogen-bond donors (Lipinski definition) is 0. The molecule has 0 radical (unpaired) electrons. The average molecular weight is 1070 g/mol. The van der Waals surface area contributed by atoms with Crippen LogP contribution in [0, 0.1) is 0 Å². The van der Waals surface area contributed by atoms with Crippen LogP contribution in [0.2, 0.25) is 0 Å². The van der Waals surface area contributed by atoms with E-state index in [1.54, 1.807) is 0 Å². The molecule has 0 heterocycles. The summed E-state index contributed by atoms with van der Waals surface area (Å²) in [5, 5.41) is 0. The van der Waals surface area contributed by atoms with Crippen molar-refractivity contribution in [3.8, 4) is 0 Å². The highest BCUT2D eigenvalue weighted by atomic mass is 16.8. The predicted octanol–water partition coefficient (Wildman–Crippen LogP) is 22.8. The fraction of sp³-hybridized carbons (Fsp3) is 1.00. The first kappa shape index (κ1) is 74.7. The highest BCUT2D eigenvalue weighted by Crippen LogP contribution is 2.21. The van der Waals surface area contributed by atoms with Crippen LogP contribution < -0.4 is 0 Å². The Balaban J connectivity index is 4.21. The summed E-state index contributed by atoms with van der Waals surface area (Å²) in [4.78, 5) is 0. The smallest absolute Gasteiger partial charge is 0.160 e. The van der Waals surface area contributed by atoms with E-state index in [2.05, 4.69) is 41.5 Å². The molecule has 0 spiro atoms. The van der Waals surface area contributed by atoms with Crippen LogP contribution in [0.3, 0.4) is 0 Å². The Labute approximate surface area is 471 Å². The maximum atomic E-state index is 6.56. The molecule has 0 aromatic carbocycles. The summed E-state index contributed by atoms with van der Waals surface area (Å²) >= 11 is 0. The summed E-state index contributed by atoms with van der Waals surface area (Å²) in [5.41, 5.74) is 0. The molecule has 0 aliphatic rings. The Morgan fingerprint density at radius 1 is 0.160 bits per heavy atom. The third kappa shape index (κ3) is 59.7. The van der Waals surface area contributed by atoms with Gasteiger partial charge in [0, 0.05) is 39.6 Å². The van der Waals surface area contributed by atoms with Crippen LogP contribution in [-0.4, -0.2) is 64.8 Å². The van der Waals surface area contributed by atoms with Gasteiger partial charge in [0.25, 0.3) is 0 Å². The topological polar surface area (TPSA) is 64.6 Å². The van der Waals surface area contributed by atoms with Crippen LogP contribution in [0.25, 0.3) is 0 Å². The van der Waals surface area contributed by atoms with E-state index >= 15 is 0 Å². The van der Waals surface area contributed by atoms with Crippen LogP contribution >= 0.6 is 0 Å². The highest BCUT2D eigenvalue weighted by Gasteiger charge is 2.18. The van der Waals surface area contributed by atoms with Crippen molar-refractivity contribution in [1.82, 2.24) is 0 Å². The number of rotatable bonds is 68. The SMILES string of the molecule is CCCCCCCCOC(CCCCCCCCCCCCCC(OCCC)OC(CCCCCCCCCCCCCC(OCCCCCCCC)OCCCCCCCC)OCCC)OCCCCCCCC. The number of hydrogen-bond acceptors (Lipinski definition) is 7. The molecule has 0 saturated heterocycles. The van der Waals surface area contributed by atoms with E-state index in [4.69, 9.17) is 33.2 Å². The van der Waals surface area contributed by atoms with Gasteiger partial charge in [0.2, 0.25) is 0 Å². The van der Waals surface area contributed by atoms with Gasteiger partial charge in [-0.2, -0.15) is 0 Å². The van der Waals surface area contributed by atoms with Gasteiger partial charge in [0.1, 0.15) is 0 Å². The highest BCUT2D eigenvalue weighted by molar-refractivity contribution is 4.58. The van der Waals surface area contributed by atoms with Crippen molar-refractivity contribution >= 4 is 0 Å². The molecule has 452 valence electrons. The minimum Gasteiger partial charge on any atom is -0.353 e. The van der Waals surface area contributed by atoms with Gasteiger partial charge in [-0.1, -0.05) is 286 Å². The van der Waals surface area contributed by atoms with Crippen LogP contribution in [0.5, 0.6) is 0 Å². The largest absolute Gasteiger partial charge is 0.353 e. The van der Waals surface area contributed by atoms with E-state index < -0.39 is 0 Å². The normalized spacial score (nSPS) is 12.8. The lowest BCUT2D eigenvalue weighted by Crippen LogP contribution is -2.27. The molecule has 0 bridgehead atoms. The fourth-order valence-corrected chi connectivity index (χ4v) is 10.3. The lowest BCUT2D eigenvalue weighted by molar-refractivity contribution is -0.249. The molecule has 75 heavy (non-hydrogen) atoms. The lowest BCUT2D eigenvalue weighted by Gasteiger charge is -2.25. The summed E-state index contributed by atoms with van der Waals surface area (Å²) in [6.07, 6.45) is 66.2. The molecule has 0 aliphatic carbocycles. The summed E-state index contributed by atoms with van der Waals surface area (Å²) in [6.45, 7) is 18.5. The van der Waals surface area contributed by atoms with E-state index in [0.717, 1.165) is 78.2 Å². The summed E-state index contributed by atoms with van der Waals surface area (Å²) in [6, 6.07) is 0. The second-order valence-corrected chi connectivity index (χ2v) is 23.1. The quantitative estimate of drug-likeness (QED) is 0.0444. The van der Waals surface area contributed by atoms with Crippen molar-refractivity contribution < 1.29 is 33.2 Å². The van der Waals surface area contributed by atoms with Gasteiger partial charge >= 0.3 is 0 Å². The molecular weight excluding hydrogens is 929 g/mol. The van der Waals surface area contributed by atoms with E-state index in [0.29, 0.717) is 0 Å². The molecule has 7 nitrogen and oxygen atoms in total. The van der Waals surface area contributed by atoms with Crippen LogP contribution in [0.4, 0.5) is 0 Å². The summed E-state index contributed by atoms with van der Waals surface area (Å²) < 4.78 is 44.2. The Morgan fingerprint density at radius 3 is 0.547 bits per heavy atom. The number of unbranched alkanes of at least 4 members (excludes halogenated alkanes) is 40. The van der Waals surface area contributed by atoms with Crippen molar-refractivity contribution in [3.63, 3.8) is 0 Å². The van der Waals surface area contributed by atoms with Crippen molar-refractivity contribution in [2.75, 3.05) is 39.6 Å². The predicted molar refractivity (Wildman–Crippen MR) is 326 cm³/mol. The molecule has 2 atom stereocenters. The minimum atomic E-state index is -0.145. The molecule has 7 heteroatoms. The van der Waals surface area contributed by atoms with E-state index in [1.165, 1.54) is 295 Å². The van der Waals surface area contributed by atoms with Gasteiger partial charge in [-0.05, 0) is 89.9 Å². The van der Waals surface area contributed by atoms with E-state index in [1.807, 2.05) is 0 Å². The van der Waals surface area contributed by atoms with Crippen LogP contribution in [-0.2, 0) is 33.2 Å². The van der Waals surface area contributed by atoms with Crippen LogP contribution in [0.1, 0.15) is 375 Å². The van der Waals surface area contributed by atoms with Gasteiger partial charge in [0.15, 0.2) is 25.2 Å². The van der Waals surface area contributed by atoms with Crippen LogP contribution in [0.15, 0.2) is 0 Å². The third-order valence-electron chi connectivity index (χ3n) is 15.3. The Bertz CT molecular complexity index is 887. The second-order valence-electron chi connectivity index (χ2n) is 23.1. The van der Waals surface area contributed by atoms with Gasteiger partial charge in [0.05, 0.1) is 0 Å². The first-order valence-electron chi connectivity index (χ1n) is 34.5. The molecule has 0 fully saturated rings. The molecular formula is C68H138O7. The van der Waals surface area contributed by atoms with Crippen molar-refractivity contribution in [2.45, 2.75) is 401 Å². The Hall–Kier alpha value is -0.280. The molecule has 0 N–H and O–H groups in total. The van der Waals surface area contributed by atoms with E-state index in [9.17, 15) is 0 Å². The minimum absolute atomic E-state index is 0.00420. The lowest BCUT2D eigenvalue weighted by atomic mass is 10.0. The number of ether oxygens (including phenoxy) is 7. The molecule has 0 aromatic rings. The monoisotopic (exact) mass is 1070 g/mol. The van der Waals surface area contributed by atoms with Gasteiger partial charge in [-0.25, -0.2) is 0 Å². The zero-order valence-electron chi connectivity index (χ0n) is 52.2. The average Bonchev–Trinajstić information content (AvgIpc) is 3.42. The standard InChI is InChI=1S/C68H138O7/c1-7-13-17-21-43-51-61-71-65(72-62-52-44-22-18-14-8-2)55-47-39-35-31-27-25-29-33-37-41-49-57-67(69-59-11-5)75-68(70-60-12-6)58-50-42-38-34-30-26-28-32-36-40-48-56-66(73-63-53-45-23-19-15-9-3)74-64-54-46-24-20-16-10-4/h65-68H,7-64H2,1-6H3. The molecule has 0 aliphatic heterocycles. The maximum Gasteiger partial charge on any atom is 0.160 e. The zero-order chi connectivity index (χ0) is 54.3. The molecule has 0 amide bonds. The van der Waals surface area contributed by atoms with Gasteiger partial charge in [-0.3, -0.25) is 0 Å². The fourth-order valence-electron chi connectivity index (χ4n) is 10.3. The third-order valence-corrected chi connectivity index (χ3v) is 15.3. The zero-order valence-corrected chi connectivity index (χ0v) is 52.2. The molecule has 0 saturated carbocycles. The Kier molecular flexibility index (Phi) is 66.0. The van der Waals surface area contributed by atoms with Gasteiger partial charge < -0.3 is 33.2 Å².